The summed E-state index contributed by atoms with van der Waals surface area (Å²) in [7, 11) is 0. The van der Waals surface area contributed by atoms with Crippen LogP contribution in [0.1, 0.15) is 17.5 Å². The van der Waals surface area contributed by atoms with Crippen molar-refractivity contribution in [1.82, 2.24) is 5.32 Å². The summed E-state index contributed by atoms with van der Waals surface area (Å²) >= 11 is 0. The predicted molar refractivity (Wildman–Crippen MR) is 76.4 cm³/mol. The minimum atomic E-state index is -4.34. The summed E-state index contributed by atoms with van der Waals surface area (Å²) in [6.45, 7) is 3.11. The van der Waals surface area contributed by atoms with E-state index in [4.69, 9.17) is 9.47 Å². The van der Waals surface area contributed by atoms with Crippen LogP contribution in [-0.2, 0) is 17.3 Å². The molecule has 1 unspecified atom stereocenters. The molecule has 1 saturated heterocycles. The Labute approximate surface area is 127 Å². The van der Waals surface area contributed by atoms with Gasteiger partial charge in [0.1, 0.15) is 18.5 Å². The number of ether oxygens (including phenoxy) is 2. The average Bonchev–Trinajstić information content (AvgIpc) is 2.52. The lowest BCUT2D eigenvalue weighted by Crippen LogP contribution is -2.41. The summed E-state index contributed by atoms with van der Waals surface area (Å²) in [6.07, 6.45) is -3.31. The maximum atomic E-state index is 13.1. The zero-order valence-electron chi connectivity index (χ0n) is 12.1. The molecule has 1 aromatic rings. The van der Waals surface area contributed by atoms with Crippen LogP contribution in [-0.4, -0.2) is 39.0 Å². The van der Waals surface area contributed by atoms with Crippen LogP contribution >= 0.6 is 0 Å². The van der Waals surface area contributed by atoms with Gasteiger partial charge in [0.05, 0.1) is 17.9 Å². The van der Waals surface area contributed by atoms with Crippen molar-refractivity contribution in [2.45, 2.75) is 25.1 Å². The van der Waals surface area contributed by atoms with Crippen molar-refractivity contribution in [3.05, 3.63) is 23.3 Å². The highest BCUT2D eigenvalue weighted by Crippen LogP contribution is 2.41. The van der Waals surface area contributed by atoms with E-state index in [0.717, 1.165) is 12.6 Å². The van der Waals surface area contributed by atoms with Gasteiger partial charge in [0.25, 0.3) is 0 Å². The van der Waals surface area contributed by atoms with Crippen molar-refractivity contribution in [3.63, 3.8) is 0 Å². The lowest BCUT2D eigenvalue weighted by molar-refractivity contribution is -0.138. The largest absolute Gasteiger partial charge is 0.489 e. The SMILES string of the molecule is FC(F)(F)c1ccc(OCC2CNCCO2)c2c1CCCN2. The quantitative estimate of drug-likeness (QED) is 0.899. The molecular weight excluding hydrogens is 297 g/mol. The molecule has 0 aliphatic carbocycles. The van der Waals surface area contributed by atoms with E-state index in [1.165, 1.54) is 6.07 Å². The van der Waals surface area contributed by atoms with E-state index in [2.05, 4.69) is 10.6 Å². The number of alkyl halides is 3. The van der Waals surface area contributed by atoms with E-state index in [0.29, 0.717) is 56.1 Å². The van der Waals surface area contributed by atoms with Gasteiger partial charge < -0.3 is 20.1 Å². The van der Waals surface area contributed by atoms with Crippen LogP contribution in [0, 0.1) is 0 Å². The zero-order valence-corrected chi connectivity index (χ0v) is 12.1. The fourth-order valence-corrected chi connectivity index (χ4v) is 2.85. The van der Waals surface area contributed by atoms with Crippen molar-refractivity contribution in [2.75, 3.05) is 38.2 Å². The highest BCUT2D eigenvalue weighted by Gasteiger charge is 2.35. The smallest absolute Gasteiger partial charge is 0.416 e. The van der Waals surface area contributed by atoms with E-state index < -0.39 is 11.7 Å². The Kier molecular flexibility index (Phi) is 4.44. The van der Waals surface area contributed by atoms with Crippen LogP contribution in [0.15, 0.2) is 12.1 Å². The van der Waals surface area contributed by atoms with Crippen molar-refractivity contribution in [1.29, 1.82) is 0 Å². The number of halogens is 3. The maximum absolute atomic E-state index is 13.1. The van der Waals surface area contributed by atoms with Gasteiger partial charge in [0.2, 0.25) is 0 Å². The summed E-state index contributed by atoms with van der Waals surface area (Å²) in [4.78, 5) is 0. The Morgan fingerprint density at radius 1 is 1.27 bits per heavy atom. The zero-order chi connectivity index (χ0) is 15.6. The summed E-state index contributed by atoms with van der Waals surface area (Å²) in [5.74, 6) is 0.469. The van der Waals surface area contributed by atoms with Crippen LogP contribution in [0.25, 0.3) is 0 Å². The highest BCUT2D eigenvalue weighted by molar-refractivity contribution is 5.66. The van der Waals surface area contributed by atoms with Crippen LogP contribution < -0.4 is 15.4 Å². The normalized spacial score (nSPS) is 21.9. The lowest BCUT2D eigenvalue weighted by Gasteiger charge is -2.27. The summed E-state index contributed by atoms with van der Waals surface area (Å²) in [6, 6.07) is 2.51. The molecule has 0 amide bonds. The van der Waals surface area contributed by atoms with Gasteiger partial charge in [0.15, 0.2) is 0 Å². The molecule has 1 fully saturated rings. The van der Waals surface area contributed by atoms with Crippen LogP contribution in [0.2, 0.25) is 0 Å². The molecule has 7 heteroatoms. The molecule has 1 atom stereocenters. The summed E-state index contributed by atoms with van der Waals surface area (Å²) in [5, 5.41) is 6.24. The highest BCUT2D eigenvalue weighted by atomic mass is 19.4. The second kappa shape index (κ2) is 6.34. The van der Waals surface area contributed by atoms with Crippen LogP contribution in [0.5, 0.6) is 5.75 Å². The van der Waals surface area contributed by atoms with Gasteiger partial charge in [-0.1, -0.05) is 0 Å². The molecule has 22 heavy (non-hydrogen) atoms. The van der Waals surface area contributed by atoms with E-state index in [-0.39, 0.29) is 6.10 Å². The van der Waals surface area contributed by atoms with Crippen molar-refractivity contribution in [3.8, 4) is 5.75 Å². The molecule has 0 bridgehead atoms. The first-order chi connectivity index (χ1) is 10.6. The molecule has 4 nitrogen and oxygen atoms in total. The van der Waals surface area contributed by atoms with Crippen molar-refractivity contribution >= 4 is 5.69 Å². The second-order valence-electron chi connectivity index (χ2n) is 5.50. The topological polar surface area (TPSA) is 42.5 Å². The third-order valence-electron chi connectivity index (χ3n) is 3.91. The lowest BCUT2D eigenvalue weighted by atomic mass is 9.96. The van der Waals surface area contributed by atoms with Gasteiger partial charge in [-0.15, -0.1) is 0 Å². The molecule has 0 spiro atoms. The number of fused-ring (bicyclic) bond motifs is 1. The first kappa shape index (κ1) is 15.4. The molecule has 0 saturated carbocycles. The molecule has 2 aliphatic rings. The van der Waals surface area contributed by atoms with Crippen molar-refractivity contribution in [2.24, 2.45) is 0 Å². The monoisotopic (exact) mass is 316 g/mol. The molecule has 0 aromatic heterocycles. The maximum Gasteiger partial charge on any atom is 0.416 e. The molecule has 2 heterocycles. The number of hydrogen-bond acceptors (Lipinski definition) is 4. The van der Waals surface area contributed by atoms with Gasteiger partial charge in [-0.25, -0.2) is 0 Å². The van der Waals surface area contributed by atoms with Gasteiger partial charge in [0, 0.05) is 19.6 Å². The number of benzene rings is 1. The Bertz CT molecular complexity index is 528. The van der Waals surface area contributed by atoms with E-state index >= 15 is 0 Å². The Morgan fingerprint density at radius 3 is 2.86 bits per heavy atom. The van der Waals surface area contributed by atoms with E-state index in [9.17, 15) is 13.2 Å². The first-order valence-corrected chi connectivity index (χ1v) is 7.48. The Balaban J connectivity index is 1.79. The third-order valence-corrected chi connectivity index (χ3v) is 3.91. The molecule has 0 radical (unpaired) electrons. The number of anilines is 1. The van der Waals surface area contributed by atoms with Crippen molar-refractivity contribution < 1.29 is 22.6 Å². The molecule has 1 aromatic carbocycles. The number of morpholine rings is 1. The Hall–Kier alpha value is -1.47. The fraction of sp³-hybridized carbons (Fsp3) is 0.600. The minimum absolute atomic E-state index is 0.0738. The fourth-order valence-electron chi connectivity index (χ4n) is 2.85. The predicted octanol–water partition coefficient (Wildman–Crippen LogP) is 2.43. The Morgan fingerprint density at radius 2 is 2.14 bits per heavy atom. The molecule has 122 valence electrons. The molecule has 3 rings (SSSR count). The third kappa shape index (κ3) is 3.30. The molecule has 2 N–H and O–H groups in total. The summed E-state index contributed by atoms with van der Waals surface area (Å²) < 4.78 is 50.5. The average molecular weight is 316 g/mol. The number of hydrogen-bond donors (Lipinski definition) is 2. The minimum Gasteiger partial charge on any atom is -0.489 e. The first-order valence-electron chi connectivity index (χ1n) is 7.48. The number of rotatable bonds is 3. The van der Waals surface area contributed by atoms with Crippen LogP contribution in [0.3, 0.4) is 0 Å². The summed E-state index contributed by atoms with van der Waals surface area (Å²) in [5.41, 5.74) is 0.210. The van der Waals surface area contributed by atoms with E-state index in [1.807, 2.05) is 0 Å². The van der Waals surface area contributed by atoms with Gasteiger partial charge in [-0.3, -0.25) is 0 Å². The molecular formula is C15H19F3N2O2. The number of nitrogens with one attached hydrogen (secondary N) is 2. The van der Waals surface area contributed by atoms with Gasteiger partial charge in [-0.2, -0.15) is 13.2 Å². The molecule has 2 aliphatic heterocycles. The van der Waals surface area contributed by atoms with Gasteiger partial charge in [-0.05, 0) is 30.5 Å². The van der Waals surface area contributed by atoms with Crippen LogP contribution in [0.4, 0.5) is 18.9 Å². The van der Waals surface area contributed by atoms with E-state index in [1.54, 1.807) is 0 Å². The van der Waals surface area contributed by atoms with Gasteiger partial charge >= 0.3 is 6.18 Å². The second-order valence-corrected chi connectivity index (χ2v) is 5.50. The standard InChI is InChI=1S/C15H19F3N2O2/c16-15(17,18)12-3-4-13(14-11(12)2-1-5-20-14)22-9-10-8-19-6-7-21-10/h3-4,10,19-20H,1-2,5-9H2.